The zero-order valence-corrected chi connectivity index (χ0v) is 22.4. The number of carbonyl (C=O) groups is 2. The molecule has 0 aliphatic carbocycles. The number of hydrogen-bond acceptors (Lipinski definition) is 7. The number of alkyl carbamates (subject to hydrolysis) is 1. The summed E-state index contributed by atoms with van der Waals surface area (Å²) in [5.41, 5.74) is 2.67. The Balaban J connectivity index is 1.90. The molecule has 3 rings (SSSR count). The van der Waals surface area contributed by atoms with E-state index in [1.807, 2.05) is 48.9 Å². The van der Waals surface area contributed by atoms with E-state index in [2.05, 4.69) is 10.6 Å². The topological polar surface area (TPSA) is 147 Å². The van der Waals surface area contributed by atoms with Gasteiger partial charge in [-0.3, -0.25) is 14.1 Å². The summed E-state index contributed by atoms with van der Waals surface area (Å²) in [5, 5.41) is 6.31. The van der Waals surface area contributed by atoms with Gasteiger partial charge in [-0.15, -0.1) is 11.3 Å². The molecule has 2 aromatic carbocycles. The van der Waals surface area contributed by atoms with Crippen molar-refractivity contribution in [3.05, 3.63) is 81.3 Å². The highest BCUT2D eigenvalue weighted by Crippen LogP contribution is 2.27. The first-order chi connectivity index (χ1) is 17.6. The highest BCUT2D eigenvalue weighted by atomic mass is 32.2. The number of rotatable bonds is 11. The number of amides is 2. The van der Waals surface area contributed by atoms with Crippen LogP contribution in [0.25, 0.3) is 0 Å². The van der Waals surface area contributed by atoms with Gasteiger partial charge in [-0.1, -0.05) is 49.4 Å². The van der Waals surface area contributed by atoms with Crippen molar-refractivity contribution in [2.75, 3.05) is 11.8 Å². The second kappa shape index (κ2) is 12.7. The quantitative estimate of drug-likeness (QED) is 0.269. The summed E-state index contributed by atoms with van der Waals surface area (Å²) in [6, 6.07) is 14.3. The lowest BCUT2D eigenvalue weighted by atomic mass is 10.0. The third-order valence-corrected chi connectivity index (χ3v) is 7.17. The van der Waals surface area contributed by atoms with E-state index < -0.39 is 34.4 Å². The predicted molar refractivity (Wildman–Crippen MR) is 142 cm³/mol. The Kier molecular flexibility index (Phi) is 9.61. The van der Waals surface area contributed by atoms with Crippen molar-refractivity contribution in [2.24, 2.45) is 0 Å². The largest absolute Gasteiger partial charge is 0.453 e. The van der Waals surface area contributed by atoms with Gasteiger partial charge in [0.2, 0.25) is 5.91 Å². The Labute approximate surface area is 220 Å². The Bertz CT molecular complexity index is 1330. The first-order valence-electron chi connectivity index (χ1n) is 11.6. The third kappa shape index (κ3) is 8.55. The molecule has 3 aromatic rings. The van der Waals surface area contributed by atoms with Gasteiger partial charge in [0, 0.05) is 11.3 Å². The average Bonchev–Trinajstić information content (AvgIpc) is 3.23. The molecule has 0 radical (unpaired) electrons. The maximum Gasteiger partial charge on any atom is 0.407 e. The zero-order chi connectivity index (χ0) is 27.0. The number of anilines is 1. The molecule has 2 atom stereocenters. The van der Waals surface area contributed by atoms with E-state index in [1.165, 1.54) is 24.5 Å². The van der Waals surface area contributed by atoms with E-state index >= 15 is 0 Å². The van der Waals surface area contributed by atoms with Crippen molar-refractivity contribution in [3.8, 4) is 0 Å². The number of carbonyl (C=O) groups excluding carboxylic acids is 2. The molecule has 0 aliphatic rings. The van der Waals surface area contributed by atoms with Gasteiger partial charge in [0.1, 0.15) is 11.0 Å². The van der Waals surface area contributed by atoms with Crippen molar-refractivity contribution in [2.45, 2.75) is 45.2 Å². The molecule has 4 N–H and O–H groups in total. The molecule has 10 nitrogen and oxygen atoms in total. The number of nitrogens with one attached hydrogen (secondary N) is 3. The molecular weight excluding hydrogens is 516 g/mol. The van der Waals surface area contributed by atoms with Crippen molar-refractivity contribution in [3.63, 3.8) is 0 Å². The molecule has 0 saturated carbocycles. The molecule has 37 heavy (non-hydrogen) atoms. The van der Waals surface area contributed by atoms with Gasteiger partial charge < -0.3 is 15.4 Å². The molecule has 0 fully saturated rings. The lowest BCUT2D eigenvalue weighted by Crippen LogP contribution is -2.49. The molecule has 1 heterocycles. The molecular formula is C25H30N4O6S2. The number of nitrogens with zero attached hydrogens (tertiary/aromatic N) is 1. The first kappa shape index (κ1) is 28.1. The summed E-state index contributed by atoms with van der Waals surface area (Å²) < 4.78 is 38.4. The third-order valence-electron chi connectivity index (χ3n) is 5.55. The van der Waals surface area contributed by atoms with Crippen LogP contribution in [-0.2, 0) is 39.1 Å². The van der Waals surface area contributed by atoms with E-state index in [4.69, 9.17) is 14.3 Å². The average molecular weight is 547 g/mol. The van der Waals surface area contributed by atoms with Crippen LogP contribution in [0.5, 0.6) is 0 Å². The number of thiazole rings is 1. The minimum atomic E-state index is -4.44. The monoisotopic (exact) mass is 546 g/mol. The van der Waals surface area contributed by atoms with E-state index in [-0.39, 0.29) is 12.1 Å². The smallest absolute Gasteiger partial charge is 0.407 e. The Morgan fingerprint density at radius 2 is 1.76 bits per heavy atom. The molecule has 198 valence electrons. The van der Waals surface area contributed by atoms with Gasteiger partial charge in [-0.2, -0.15) is 8.42 Å². The van der Waals surface area contributed by atoms with Gasteiger partial charge in [0.05, 0.1) is 24.5 Å². The molecule has 0 saturated heterocycles. The van der Waals surface area contributed by atoms with Crippen molar-refractivity contribution >= 4 is 39.3 Å². The van der Waals surface area contributed by atoms with Gasteiger partial charge >= 0.3 is 16.4 Å². The van der Waals surface area contributed by atoms with E-state index in [0.29, 0.717) is 17.0 Å². The second-order valence-electron chi connectivity index (χ2n) is 8.33. The standard InChI is InChI=1S/C25H30N4O6S2/c1-4-20-16(2)36-24(27-20)22(15-18-11-8-12-19(13-18)29-37(32,33)34)26-23(30)21(28-25(31)35-3)14-17-9-6-5-7-10-17/h5-13,21-22,29H,4,14-15H2,1-3H3,(H,26,30)(H,28,31)(H,32,33,34)/t21-,22?/m0/s1. The lowest BCUT2D eigenvalue weighted by Gasteiger charge is -2.22. The SMILES string of the molecule is CCc1nc(C(Cc2cccc(NS(=O)(=O)O)c2)NC(=O)[C@H](Cc2ccccc2)NC(=O)OC)sc1C. The van der Waals surface area contributed by atoms with Gasteiger partial charge in [-0.05, 0) is 43.0 Å². The fourth-order valence-electron chi connectivity index (χ4n) is 3.81. The van der Waals surface area contributed by atoms with E-state index in [1.54, 1.807) is 18.2 Å². The fraction of sp³-hybridized carbons (Fsp3) is 0.320. The number of benzene rings is 2. The summed E-state index contributed by atoms with van der Waals surface area (Å²) in [7, 11) is -3.21. The minimum absolute atomic E-state index is 0.184. The summed E-state index contributed by atoms with van der Waals surface area (Å²) in [5.74, 6) is -0.419. The summed E-state index contributed by atoms with van der Waals surface area (Å²) in [4.78, 5) is 31.2. The highest BCUT2D eigenvalue weighted by Gasteiger charge is 2.27. The van der Waals surface area contributed by atoms with Crippen LogP contribution in [0.15, 0.2) is 54.6 Å². The van der Waals surface area contributed by atoms with Crippen molar-refractivity contribution in [1.29, 1.82) is 0 Å². The van der Waals surface area contributed by atoms with E-state index in [0.717, 1.165) is 22.6 Å². The summed E-state index contributed by atoms with van der Waals surface area (Å²) >= 11 is 1.47. The first-order valence-corrected chi connectivity index (χ1v) is 13.8. The van der Waals surface area contributed by atoms with Gasteiger partial charge in [0.15, 0.2) is 0 Å². The van der Waals surface area contributed by atoms with Crippen LogP contribution >= 0.6 is 11.3 Å². The maximum atomic E-state index is 13.5. The van der Waals surface area contributed by atoms with Crippen LogP contribution in [0.1, 0.15) is 39.7 Å². The molecule has 0 spiro atoms. The molecule has 12 heteroatoms. The van der Waals surface area contributed by atoms with Gasteiger partial charge in [-0.25, -0.2) is 9.78 Å². The number of hydrogen-bond donors (Lipinski definition) is 4. The Morgan fingerprint density at radius 3 is 2.38 bits per heavy atom. The van der Waals surface area contributed by atoms with E-state index in [9.17, 15) is 18.0 Å². The zero-order valence-electron chi connectivity index (χ0n) is 20.7. The molecule has 1 aromatic heterocycles. The van der Waals surface area contributed by atoms with Crippen LogP contribution in [-0.4, -0.2) is 43.1 Å². The predicted octanol–water partition coefficient (Wildman–Crippen LogP) is 3.60. The minimum Gasteiger partial charge on any atom is -0.453 e. The van der Waals surface area contributed by atoms with Crippen LogP contribution in [0, 0.1) is 6.92 Å². The number of aromatic nitrogens is 1. The van der Waals surface area contributed by atoms with Crippen LogP contribution in [0.2, 0.25) is 0 Å². The van der Waals surface area contributed by atoms with Crippen LogP contribution in [0.4, 0.5) is 10.5 Å². The molecule has 0 bridgehead atoms. The van der Waals surface area contributed by atoms with Gasteiger partial charge in [0.25, 0.3) is 0 Å². The lowest BCUT2D eigenvalue weighted by molar-refractivity contribution is -0.123. The summed E-state index contributed by atoms with van der Waals surface area (Å²) in [6.07, 6.45) is 0.547. The normalized spacial score (nSPS) is 12.9. The molecule has 1 unspecified atom stereocenters. The Hall–Kier alpha value is -3.48. The Morgan fingerprint density at radius 1 is 1.05 bits per heavy atom. The number of aryl methyl sites for hydroxylation is 2. The summed E-state index contributed by atoms with van der Waals surface area (Å²) in [6.45, 7) is 3.96. The van der Waals surface area contributed by atoms with Crippen LogP contribution < -0.4 is 15.4 Å². The van der Waals surface area contributed by atoms with Crippen LogP contribution in [0.3, 0.4) is 0 Å². The number of ether oxygens (including phenoxy) is 1. The maximum absolute atomic E-state index is 13.5. The second-order valence-corrected chi connectivity index (χ2v) is 10.7. The molecule has 2 amide bonds. The van der Waals surface area contributed by atoms with Crippen molar-refractivity contribution < 1.29 is 27.3 Å². The highest BCUT2D eigenvalue weighted by molar-refractivity contribution is 7.87. The fourth-order valence-corrected chi connectivity index (χ4v) is 5.29. The number of methoxy groups -OCH3 is 1. The van der Waals surface area contributed by atoms with Crippen molar-refractivity contribution in [1.82, 2.24) is 15.6 Å². The molecule has 0 aliphatic heterocycles.